The molecule has 0 saturated heterocycles. The Morgan fingerprint density at radius 1 is 1.05 bits per heavy atom. The minimum absolute atomic E-state index is 0.100. The summed E-state index contributed by atoms with van der Waals surface area (Å²) in [7, 11) is 0. The fraction of sp³-hybridized carbons (Fsp3) is 0.0667. The first-order chi connectivity index (χ1) is 9.54. The van der Waals surface area contributed by atoms with Crippen LogP contribution in [-0.2, 0) is 11.2 Å². The molecule has 2 rings (SSSR count). The van der Waals surface area contributed by atoms with Crippen molar-refractivity contribution in [2.75, 3.05) is 5.32 Å². The number of benzene rings is 2. The molecule has 0 radical (unpaired) electrons. The molecular weight excluding hydrogens is 258 g/mol. The van der Waals surface area contributed by atoms with E-state index in [1.165, 1.54) is 24.3 Å². The molecule has 20 heavy (non-hydrogen) atoms. The lowest BCUT2D eigenvalue weighted by Crippen LogP contribution is -2.14. The van der Waals surface area contributed by atoms with Crippen molar-refractivity contribution in [3.05, 3.63) is 59.7 Å². The van der Waals surface area contributed by atoms with E-state index in [0.29, 0.717) is 11.3 Å². The molecule has 0 heterocycles. The van der Waals surface area contributed by atoms with E-state index in [0.717, 1.165) is 0 Å². The minimum atomic E-state index is -1.05. The van der Waals surface area contributed by atoms with E-state index < -0.39 is 5.97 Å². The number of aromatic hydroxyl groups is 1. The van der Waals surface area contributed by atoms with Crippen molar-refractivity contribution in [1.29, 1.82) is 0 Å². The number of amides is 1. The lowest BCUT2D eigenvalue weighted by molar-refractivity contribution is -0.115. The van der Waals surface area contributed by atoms with Gasteiger partial charge in [0.1, 0.15) is 5.75 Å². The first kappa shape index (κ1) is 13.6. The number of phenolic OH excluding ortho intramolecular Hbond substituents is 1. The Bertz CT molecular complexity index is 652. The van der Waals surface area contributed by atoms with E-state index in [2.05, 4.69) is 5.32 Å². The Labute approximate surface area is 115 Å². The van der Waals surface area contributed by atoms with Gasteiger partial charge in [0, 0.05) is 5.69 Å². The monoisotopic (exact) mass is 271 g/mol. The summed E-state index contributed by atoms with van der Waals surface area (Å²) in [6.45, 7) is 0. The Hall–Kier alpha value is -2.82. The van der Waals surface area contributed by atoms with E-state index in [1.54, 1.807) is 24.3 Å². The maximum absolute atomic E-state index is 11.8. The Balaban J connectivity index is 2.04. The molecule has 0 aliphatic carbocycles. The normalized spacial score (nSPS) is 10.0. The number of aromatic carboxylic acids is 1. The third-order valence-corrected chi connectivity index (χ3v) is 2.67. The van der Waals surface area contributed by atoms with Crippen LogP contribution in [-0.4, -0.2) is 22.1 Å². The summed E-state index contributed by atoms with van der Waals surface area (Å²) in [6.07, 6.45) is 0.103. The minimum Gasteiger partial charge on any atom is -0.508 e. The van der Waals surface area contributed by atoms with Gasteiger partial charge in [-0.05, 0) is 35.9 Å². The van der Waals surface area contributed by atoms with Crippen molar-refractivity contribution in [1.82, 2.24) is 0 Å². The molecule has 0 atom stereocenters. The molecule has 0 bridgehead atoms. The number of carbonyl (C=O) groups excluding carboxylic acids is 1. The van der Waals surface area contributed by atoms with Crippen LogP contribution in [0.25, 0.3) is 0 Å². The van der Waals surface area contributed by atoms with Gasteiger partial charge >= 0.3 is 5.97 Å². The van der Waals surface area contributed by atoms with Crippen molar-refractivity contribution in [3.63, 3.8) is 0 Å². The quantitative estimate of drug-likeness (QED) is 0.796. The van der Waals surface area contributed by atoms with Gasteiger partial charge in [0.25, 0.3) is 0 Å². The number of carbonyl (C=O) groups is 2. The summed E-state index contributed by atoms with van der Waals surface area (Å²) in [5.74, 6) is -1.23. The summed E-state index contributed by atoms with van der Waals surface area (Å²) < 4.78 is 0. The lowest BCUT2D eigenvalue weighted by atomic mass is 10.1. The van der Waals surface area contributed by atoms with Crippen LogP contribution in [0.4, 0.5) is 5.69 Å². The highest BCUT2D eigenvalue weighted by Crippen LogP contribution is 2.14. The number of nitrogens with one attached hydrogen (secondary N) is 1. The highest BCUT2D eigenvalue weighted by molar-refractivity contribution is 5.94. The second kappa shape index (κ2) is 5.88. The molecule has 5 nitrogen and oxygen atoms in total. The fourth-order valence-corrected chi connectivity index (χ4v) is 1.79. The van der Waals surface area contributed by atoms with Crippen LogP contribution in [0.15, 0.2) is 48.5 Å². The van der Waals surface area contributed by atoms with Crippen LogP contribution in [0.2, 0.25) is 0 Å². The highest BCUT2D eigenvalue weighted by Gasteiger charge is 2.07. The van der Waals surface area contributed by atoms with Crippen LogP contribution >= 0.6 is 0 Å². The van der Waals surface area contributed by atoms with Gasteiger partial charge in [0.15, 0.2) is 0 Å². The fourth-order valence-electron chi connectivity index (χ4n) is 1.79. The number of anilines is 1. The topological polar surface area (TPSA) is 86.6 Å². The number of phenols is 1. The van der Waals surface area contributed by atoms with E-state index in [-0.39, 0.29) is 23.6 Å². The average molecular weight is 271 g/mol. The standard InChI is InChI=1S/C15H13NO4/c17-13-6-1-3-10(7-13)8-14(18)16-12-5-2-4-11(9-12)15(19)20/h1-7,9,17H,8H2,(H,16,18)(H,19,20). The smallest absolute Gasteiger partial charge is 0.335 e. The first-order valence-electron chi connectivity index (χ1n) is 5.96. The van der Waals surface area contributed by atoms with Crippen LogP contribution in [0.5, 0.6) is 5.75 Å². The van der Waals surface area contributed by atoms with Crippen molar-refractivity contribution in [2.24, 2.45) is 0 Å². The predicted octanol–water partition coefficient (Wildman–Crippen LogP) is 2.27. The van der Waals surface area contributed by atoms with Gasteiger partial charge in [-0.25, -0.2) is 4.79 Å². The molecule has 102 valence electrons. The van der Waals surface area contributed by atoms with Crippen LogP contribution in [0, 0.1) is 0 Å². The summed E-state index contributed by atoms with van der Waals surface area (Å²) in [6, 6.07) is 12.4. The van der Waals surface area contributed by atoms with Gasteiger partial charge in [-0.2, -0.15) is 0 Å². The van der Waals surface area contributed by atoms with Crippen molar-refractivity contribution in [2.45, 2.75) is 6.42 Å². The third-order valence-electron chi connectivity index (χ3n) is 2.67. The molecular formula is C15H13NO4. The molecule has 0 aromatic heterocycles. The Morgan fingerprint density at radius 2 is 1.80 bits per heavy atom. The number of hydrogen-bond acceptors (Lipinski definition) is 3. The molecule has 0 aliphatic heterocycles. The number of rotatable bonds is 4. The number of hydrogen-bond donors (Lipinski definition) is 3. The van der Waals surface area contributed by atoms with E-state index in [4.69, 9.17) is 5.11 Å². The van der Waals surface area contributed by atoms with Crippen molar-refractivity contribution >= 4 is 17.6 Å². The van der Waals surface area contributed by atoms with E-state index >= 15 is 0 Å². The van der Waals surface area contributed by atoms with Gasteiger partial charge in [0.05, 0.1) is 12.0 Å². The maximum Gasteiger partial charge on any atom is 0.335 e. The molecule has 0 unspecified atom stereocenters. The van der Waals surface area contributed by atoms with Crippen molar-refractivity contribution in [3.8, 4) is 5.75 Å². The summed E-state index contributed by atoms with van der Waals surface area (Å²) in [5, 5.41) is 20.8. The van der Waals surface area contributed by atoms with Gasteiger partial charge in [0.2, 0.25) is 5.91 Å². The zero-order valence-electron chi connectivity index (χ0n) is 10.5. The molecule has 0 fully saturated rings. The molecule has 5 heteroatoms. The second-order valence-electron chi connectivity index (χ2n) is 4.28. The van der Waals surface area contributed by atoms with E-state index in [1.807, 2.05) is 0 Å². The molecule has 3 N–H and O–H groups in total. The third kappa shape index (κ3) is 3.58. The van der Waals surface area contributed by atoms with E-state index in [9.17, 15) is 14.7 Å². The van der Waals surface area contributed by atoms with Crippen molar-refractivity contribution < 1.29 is 19.8 Å². The SMILES string of the molecule is O=C(Cc1cccc(O)c1)Nc1cccc(C(=O)O)c1. The number of carboxylic acid groups (broad SMARTS) is 1. The zero-order chi connectivity index (χ0) is 14.5. The predicted molar refractivity (Wildman–Crippen MR) is 73.8 cm³/mol. The molecule has 0 saturated carbocycles. The molecule has 0 spiro atoms. The largest absolute Gasteiger partial charge is 0.508 e. The summed E-state index contributed by atoms with van der Waals surface area (Å²) >= 11 is 0. The van der Waals surface area contributed by atoms with Gasteiger partial charge < -0.3 is 15.5 Å². The average Bonchev–Trinajstić information content (AvgIpc) is 2.38. The second-order valence-corrected chi connectivity index (χ2v) is 4.28. The van der Waals surface area contributed by atoms with Gasteiger partial charge in [-0.3, -0.25) is 4.79 Å². The zero-order valence-corrected chi connectivity index (χ0v) is 10.5. The van der Waals surface area contributed by atoms with Crippen LogP contribution < -0.4 is 5.32 Å². The molecule has 2 aromatic carbocycles. The molecule has 2 aromatic rings. The molecule has 1 amide bonds. The number of carboxylic acids is 1. The van der Waals surface area contributed by atoms with Gasteiger partial charge in [-0.1, -0.05) is 18.2 Å². The first-order valence-corrected chi connectivity index (χ1v) is 5.96. The molecule has 0 aliphatic rings. The summed E-state index contributed by atoms with van der Waals surface area (Å²) in [4.78, 5) is 22.7. The lowest BCUT2D eigenvalue weighted by Gasteiger charge is -2.06. The van der Waals surface area contributed by atoms with Gasteiger partial charge in [-0.15, -0.1) is 0 Å². The maximum atomic E-state index is 11.8. The van der Waals surface area contributed by atoms with Crippen LogP contribution in [0.1, 0.15) is 15.9 Å². The van der Waals surface area contributed by atoms with Crippen LogP contribution in [0.3, 0.4) is 0 Å². The Morgan fingerprint density at radius 3 is 2.50 bits per heavy atom. The Kier molecular flexibility index (Phi) is 4.00. The highest BCUT2D eigenvalue weighted by atomic mass is 16.4. The summed E-state index contributed by atoms with van der Waals surface area (Å²) in [5.41, 5.74) is 1.21.